The van der Waals surface area contributed by atoms with Crippen molar-refractivity contribution in [2.45, 2.75) is 77.0 Å². The van der Waals surface area contributed by atoms with Gasteiger partial charge in [-0.2, -0.15) is 0 Å². The molecule has 0 amide bonds. The third kappa shape index (κ3) is 3.56. The number of ketones is 2. The zero-order valence-corrected chi connectivity index (χ0v) is 22.5. The summed E-state index contributed by atoms with van der Waals surface area (Å²) in [6, 6.07) is 12.6. The standard InChI is InChI=1S/C33H35NO2.ClH/c1-32-15-12-25-26(29(32)13-16-33(32)14-2-5-31(33)36)11-10-23-18-30(35)28(19-27(23)25)22-8-6-21(7-9-22)24-4-3-17-34-20-24;/h3-4,6-9,17-18,20,26,28-29H,2,5,10-16,19H2,1H3;1H/t26-,28?,29+,32+,33+;/m1./s1. The Balaban J connectivity index is 0.00000252. The lowest BCUT2D eigenvalue weighted by atomic mass is 9.51. The molecule has 1 aromatic heterocycles. The first-order valence-corrected chi connectivity index (χ1v) is 14.0. The molecule has 2 aromatic rings. The summed E-state index contributed by atoms with van der Waals surface area (Å²) in [5, 5.41) is 0. The molecule has 5 aliphatic carbocycles. The Morgan fingerprint density at radius 3 is 2.49 bits per heavy atom. The fraction of sp³-hybridized carbons (Fsp3) is 0.485. The van der Waals surface area contributed by atoms with Crippen molar-refractivity contribution in [1.29, 1.82) is 0 Å². The van der Waals surface area contributed by atoms with E-state index in [1.54, 1.807) is 11.8 Å². The molecule has 7 rings (SSSR count). The van der Waals surface area contributed by atoms with Gasteiger partial charge in [-0.3, -0.25) is 14.6 Å². The van der Waals surface area contributed by atoms with E-state index in [2.05, 4.69) is 42.2 Å². The third-order valence-corrected chi connectivity index (χ3v) is 11.1. The van der Waals surface area contributed by atoms with Crippen LogP contribution in [0.3, 0.4) is 0 Å². The maximum absolute atomic E-state index is 13.3. The van der Waals surface area contributed by atoms with E-state index < -0.39 is 0 Å². The zero-order valence-electron chi connectivity index (χ0n) is 21.7. The largest absolute Gasteiger partial charge is 0.299 e. The average molecular weight is 514 g/mol. The number of hydrogen-bond donors (Lipinski definition) is 0. The highest BCUT2D eigenvalue weighted by Gasteiger charge is 2.64. The van der Waals surface area contributed by atoms with E-state index in [1.165, 1.54) is 17.6 Å². The van der Waals surface area contributed by atoms with Gasteiger partial charge in [0, 0.05) is 24.2 Å². The van der Waals surface area contributed by atoms with Crippen molar-refractivity contribution >= 4 is 24.0 Å². The van der Waals surface area contributed by atoms with E-state index in [9.17, 15) is 9.59 Å². The lowest BCUT2D eigenvalue weighted by molar-refractivity contribution is -0.134. The summed E-state index contributed by atoms with van der Waals surface area (Å²) in [4.78, 5) is 30.6. The first kappa shape index (κ1) is 24.8. The fourth-order valence-corrected chi connectivity index (χ4v) is 9.19. The Bertz CT molecular complexity index is 1310. The van der Waals surface area contributed by atoms with Gasteiger partial charge in [-0.15, -0.1) is 12.4 Å². The number of Topliss-reactive ketones (excluding diaryl/α,β-unsaturated/α-hetero) is 1. The molecule has 5 atom stereocenters. The minimum Gasteiger partial charge on any atom is -0.299 e. The Morgan fingerprint density at radius 2 is 1.76 bits per heavy atom. The van der Waals surface area contributed by atoms with Crippen molar-refractivity contribution in [2.75, 3.05) is 0 Å². The van der Waals surface area contributed by atoms with Gasteiger partial charge in [-0.25, -0.2) is 0 Å². The molecule has 5 aliphatic rings. The van der Waals surface area contributed by atoms with Gasteiger partial charge in [-0.05, 0) is 115 Å². The second kappa shape index (κ2) is 9.05. The van der Waals surface area contributed by atoms with Crippen molar-refractivity contribution in [3.63, 3.8) is 0 Å². The van der Waals surface area contributed by atoms with Crippen LogP contribution < -0.4 is 0 Å². The fourth-order valence-electron chi connectivity index (χ4n) is 9.19. The molecule has 3 saturated carbocycles. The minimum absolute atomic E-state index is 0. The van der Waals surface area contributed by atoms with E-state index in [0.29, 0.717) is 17.6 Å². The predicted octanol–water partition coefficient (Wildman–Crippen LogP) is 7.81. The highest BCUT2D eigenvalue weighted by atomic mass is 35.5. The van der Waals surface area contributed by atoms with Crippen LogP contribution in [0.5, 0.6) is 0 Å². The molecule has 0 aliphatic heterocycles. The number of rotatable bonds is 2. The number of nitrogens with zero attached hydrogens (tertiary/aromatic N) is 1. The number of pyridine rings is 1. The predicted molar refractivity (Wildman–Crippen MR) is 148 cm³/mol. The smallest absolute Gasteiger partial charge is 0.163 e. The van der Waals surface area contributed by atoms with E-state index in [1.807, 2.05) is 18.3 Å². The molecular formula is C33H36ClNO2. The Morgan fingerprint density at radius 1 is 0.919 bits per heavy atom. The van der Waals surface area contributed by atoms with Crippen LogP contribution in [-0.2, 0) is 9.59 Å². The lowest BCUT2D eigenvalue weighted by Gasteiger charge is -2.52. The van der Waals surface area contributed by atoms with Crippen LogP contribution in [0.2, 0.25) is 0 Å². The summed E-state index contributed by atoms with van der Waals surface area (Å²) in [7, 11) is 0. The van der Waals surface area contributed by atoms with E-state index in [0.717, 1.165) is 74.5 Å². The minimum atomic E-state index is -0.0856. The quantitative estimate of drug-likeness (QED) is 0.411. The number of allylic oxidation sites excluding steroid dienone is 4. The van der Waals surface area contributed by atoms with Crippen molar-refractivity contribution in [3.05, 3.63) is 77.2 Å². The third-order valence-electron chi connectivity index (χ3n) is 11.1. The molecule has 192 valence electrons. The summed E-state index contributed by atoms with van der Waals surface area (Å²) in [6.07, 6.45) is 16.3. The molecule has 3 fully saturated rings. The maximum Gasteiger partial charge on any atom is 0.163 e. The van der Waals surface area contributed by atoms with Crippen molar-refractivity contribution in [2.24, 2.45) is 22.7 Å². The van der Waals surface area contributed by atoms with Gasteiger partial charge in [0.05, 0.1) is 5.92 Å². The number of carbonyl (C=O) groups is 2. The first-order valence-electron chi connectivity index (χ1n) is 14.0. The van der Waals surface area contributed by atoms with Crippen molar-refractivity contribution < 1.29 is 9.59 Å². The first-order chi connectivity index (χ1) is 17.5. The van der Waals surface area contributed by atoms with Crippen LogP contribution in [0, 0.1) is 22.7 Å². The molecule has 0 bridgehead atoms. The highest BCUT2D eigenvalue weighted by molar-refractivity contribution is 5.98. The van der Waals surface area contributed by atoms with E-state index in [-0.39, 0.29) is 34.9 Å². The lowest BCUT2D eigenvalue weighted by Crippen LogP contribution is -2.47. The second-order valence-corrected chi connectivity index (χ2v) is 12.3. The zero-order chi connectivity index (χ0) is 24.5. The molecule has 37 heavy (non-hydrogen) atoms. The van der Waals surface area contributed by atoms with Crippen LogP contribution in [0.25, 0.3) is 11.1 Å². The molecule has 0 radical (unpaired) electrons. The Kier molecular flexibility index (Phi) is 6.06. The van der Waals surface area contributed by atoms with Gasteiger partial charge < -0.3 is 0 Å². The maximum atomic E-state index is 13.3. The molecule has 0 N–H and O–H groups in total. The number of benzene rings is 1. The molecule has 1 heterocycles. The summed E-state index contributed by atoms with van der Waals surface area (Å²) in [5.74, 6) is 1.98. The summed E-state index contributed by atoms with van der Waals surface area (Å²) >= 11 is 0. The molecule has 4 heteroatoms. The second-order valence-electron chi connectivity index (χ2n) is 12.3. The highest BCUT2D eigenvalue weighted by Crippen LogP contribution is 2.70. The Labute approximate surface area is 226 Å². The van der Waals surface area contributed by atoms with Gasteiger partial charge in [0.2, 0.25) is 0 Å². The van der Waals surface area contributed by atoms with Crippen molar-refractivity contribution in [1.82, 2.24) is 4.98 Å². The average Bonchev–Trinajstić information content (AvgIpc) is 3.44. The Hall–Kier alpha value is -2.52. The topological polar surface area (TPSA) is 47.0 Å². The van der Waals surface area contributed by atoms with Gasteiger partial charge in [-0.1, -0.05) is 42.8 Å². The SMILES string of the molecule is C[C@]12CCC3=C4CC(c5ccc(-c6cccnc6)cc5)C(=O)C=C4CC[C@H]3[C@@H]1CC[C@]21CCCC1=O.Cl. The van der Waals surface area contributed by atoms with Crippen LogP contribution >= 0.6 is 12.4 Å². The van der Waals surface area contributed by atoms with E-state index >= 15 is 0 Å². The number of aromatic nitrogens is 1. The number of carbonyl (C=O) groups excluding carboxylic acids is 2. The molecule has 3 nitrogen and oxygen atoms in total. The summed E-state index contributed by atoms with van der Waals surface area (Å²) in [6.45, 7) is 2.47. The molecule has 1 unspecified atom stereocenters. The number of hydrogen-bond acceptors (Lipinski definition) is 3. The summed E-state index contributed by atoms with van der Waals surface area (Å²) < 4.78 is 0. The normalized spacial score (nSPS) is 34.5. The van der Waals surface area contributed by atoms with Gasteiger partial charge in [0.15, 0.2) is 5.78 Å². The van der Waals surface area contributed by atoms with Gasteiger partial charge in [0.25, 0.3) is 0 Å². The van der Waals surface area contributed by atoms with Crippen LogP contribution in [-0.4, -0.2) is 16.6 Å². The van der Waals surface area contributed by atoms with Gasteiger partial charge in [0.1, 0.15) is 5.78 Å². The van der Waals surface area contributed by atoms with Gasteiger partial charge >= 0.3 is 0 Å². The molecular weight excluding hydrogens is 478 g/mol. The molecule has 1 spiro atoms. The number of fused-ring (bicyclic) bond motifs is 5. The summed E-state index contributed by atoms with van der Waals surface area (Å²) in [5.41, 5.74) is 7.93. The monoisotopic (exact) mass is 513 g/mol. The molecule has 1 aromatic carbocycles. The molecule has 0 saturated heterocycles. The number of halogens is 1. The van der Waals surface area contributed by atoms with Crippen molar-refractivity contribution in [3.8, 4) is 11.1 Å². The van der Waals surface area contributed by atoms with Crippen LogP contribution in [0.1, 0.15) is 82.6 Å². The van der Waals surface area contributed by atoms with E-state index in [4.69, 9.17) is 0 Å². The van der Waals surface area contributed by atoms with Crippen LogP contribution in [0.4, 0.5) is 0 Å². The van der Waals surface area contributed by atoms with Crippen LogP contribution in [0.15, 0.2) is 71.6 Å².